The van der Waals surface area contributed by atoms with Crippen LogP contribution in [0.15, 0.2) is 72.9 Å². The Morgan fingerprint density at radius 3 is 2.70 bits per heavy atom. The Labute approximate surface area is 175 Å². The number of anilines is 1. The fourth-order valence-electron chi connectivity index (χ4n) is 3.77. The largest absolute Gasteiger partial charge is 0.492 e. The highest BCUT2D eigenvalue weighted by Crippen LogP contribution is 2.24. The van der Waals surface area contributed by atoms with Crippen LogP contribution in [0.25, 0.3) is 16.9 Å². The molecule has 1 fully saturated rings. The van der Waals surface area contributed by atoms with Gasteiger partial charge in [0.2, 0.25) is 0 Å². The fourth-order valence-corrected chi connectivity index (χ4v) is 3.77. The van der Waals surface area contributed by atoms with Crippen LogP contribution in [-0.4, -0.2) is 33.8 Å². The first-order valence-corrected chi connectivity index (χ1v) is 10.4. The van der Waals surface area contributed by atoms with Crippen molar-refractivity contribution in [2.75, 3.05) is 18.5 Å². The van der Waals surface area contributed by atoms with Crippen LogP contribution in [0.4, 0.5) is 5.82 Å². The van der Waals surface area contributed by atoms with Gasteiger partial charge in [0.1, 0.15) is 18.2 Å². The van der Waals surface area contributed by atoms with Gasteiger partial charge in [0.15, 0.2) is 5.65 Å². The predicted octanol–water partition coefficient (Wildman–Crippen LogP) is 4.14. The minimum atomic E-state index is 0.467. The summed E-state index contributed by atoms with van der Waals surface area (Å²) in [4.78, 5) is 4.50. The smallest absolute Gasteiger partial charge is 0.154 e. The van der Waals surface area contributed by atoms with Gasteiger partial charge in [0, 0.05) is 18.2 Å². The van der Waals surface area contributed by atoms with Crippen LogP contribution in [0.2, 0.25) is 0 Å². The number of imidazole rings is 1. The molecular weight excluding hydrogens is 374 g/mol. The number of benzene rings is 2. The van der Waals surface area contributed by atoms with Gasteiger partial charge in [0.05, 0.1) is 11.9 Å². The van der Waals surface area contributed by atoms with E-state index < -0.39 is 0 Å². The molecule has 0 spiro atoms. The summed E-state index contributed by atoms with van der Waals surface area (Å²) in [7, 11) is 0. The zero-order valence-corrected chi connectivity index (χ0v) is 16.8. The summed E-state index contributed by atoms with van der Waals surface area (Å²) < 4.78 is 7.81. The van der Waals surface area contributed by atoms with Gasteiger partial charge in [-0.1, -0.05) is 30.3 Å². The molecule has 6 nitrogen and oxygen atoms in total. The average Bonchev–Trinajstić information content (AvgIpc) is 3.47. The molecule has 2 N–H and O–H groups in total. The number of hydrogen-bond donors (Lipinski definition) is 2. The molecule has 6 heteroatoms. The Hall–Kier alpha value is -3.38. The monoisotopic (exact) mass is 399 g/mol. The summed E-state index contributed by atoms with van der Waals surface area (Å²) in [5, 5.41) is 11.6. The van der Waals surface area contributed by atoms with Crippen molar-refractivity contribution in [2.45, 2.75) is 25.4 Å². The van der Waals surface area contributed by atoms with E-state index in [4.69, 9.17) is 9.84 Å². The molecule has 0 radical (unpaired) electrons. The maximum atomic E-state index is 5.93. The number of nitrogens with zero attached hydrogens (tertiary/aromatic N) is 3. The number of hydrogen-bond acceptors (Lipinski definition) is 5. The van der Waals surface area contributed by atoms with E-state index in [1.54, 1.807) is 0 Å². The van der Waals surface area contributed by atoms with E-state index in [0.29, 0.717) is 12.6 Å². The van der Waals surface area contributed by atoms with Crippen molar-refractivity contribution in [2.24, 2.45) is 0 Å². The Morgan fingerprint density at radius 2 is 1.90 bits per heavy atom. The third-order valence-electron chi connectivity index (χ3n) is 5.44. The second-order valence-corrected chi connectivity index (χ2v) is 7.60. The quantitative estimate of drug-likeness (QED) is 0.489. The van der Waals surface area contributed by atoms with Gasteiger partial charge in [-0.2, -0.15) is 0 Å². The van der Waals surface area contributed by atoms with Crippen LogP contribution < -0.4 is 15.4 Å². The minimum absolute atomic E-state index is 0.467. The van der Waals surface area contributed by atoms with Crippen LogP contribution >= 0.6 is 0 Å². The lowest BCUT2D eigenvalue weighted by molar-refractivity contribution is 0.277. The van der Waals surface area contributed by atoms with Crippen molar-refractivity contribution in [1.82, 2.24) is 19.9 Å². The standard InChI is InChI=1S/C24H25N5O/c1-2-5-18(6-3-1)15-26-23-12-13-24-27-16-22(29(24)28-23)19-8-10-21(11-9-19)30-17-20-7-4-14-25-20/h1-3,5-6,8-13,16,20,25H,4,7,14-15,17H2,(H,26,28)/t20-/m0/s1. The van der Waals surface area contributed by atoms with Gasteiger partial charge in [-0.05, 0) is 61.3 Å². The number of rotatable bonds is 7. The number of nitrogens with one attached hydrogen (secondary N) is 2. The van der Waals surface area contributed by atoms with Gasteiger partial charge in [0.25, 0.3) is 0 Å². The topological polar surface area (TPSA) is 63.5 Å². The zero-order chi connectivity index (χ0) is 20.2. The lowest BCUT2D eigenvalue weighted by Gasteiger charge is -2.12. The maximum absolute atomic E-state index is 5.93. The molecule has 5 rings (SSSR count). The van der Waals surface area contributed by atoms with Crippen LogP contribution in [0, 0.1) is 0 Å². The van der Waals surface area contributed by atoms with E-state index in [1.807, 2.05) is 53.2 Å². The first kappa shape index (κ1) is 18.6. The van der Waals surface area contributed by atoms with Gasteiger partial charge < -0.3 is 15.4 Å². The number of fused-ring (bicyclic) bond motifs is 1. The normalized spacial score (nSPS) is 16.1. The van der Waals surface area contributed by atoms with Crippen LogP contribution in [0.3, 0.4) is 0 Å². The number of ether oxygens (including phenoxy) is 1. The van der Waals surface area contributed by atoms with E-state index in [0.717, 1.165) is 41.6 Å². The predicted molar refractivity (Wildman–Crippen MR) is 119 cm³/mol. The van der Waals surface area contributed by atoms with Crippen molar-refractivity contribution in [3.63, 3.8) is 0 Å². The summed E-state index contributed by atoms with van der Waals surface area (Å²) in [6, 6.07) is 22.9. The molecule has 152 valence electrons. The highest BCUT2D eigenvalue weighted by Gasteiger charge is 2.14. The van der Waals surface area contributed by atoms with E-state index in [9.17, 15) is 0 Å². The van der Waals surface area contributed by atoms with Crippen LogP contribution in [-0.2, 0) is 6.54 Å². The highest BCUT2D eigenvalue weighted by atomic mass is 16.5. The molecule has 2 aromatic heterocycles. The van der Waals surface area contributed by atoms with E-state index in [1.165, 1.54) is 18.4 Å². The first-order valence-electron chi connectivity index (χ1n) is 10.4. The molecule has 0 bridgehead atoms. The highest BCUT2D eigenvalue weighted by molar-refractivity contribution is 5.64. The van der Waals surface area contributed by atoms with Crippen molar-refractivity contribution in [1.29, 1.82) is 0 Å². The lowest BCUT2D eigenvalue weighted by atomic mass is 10.1. The van der Waals surface area contributed by atoms with E-state index >= 15 is 0 Å². The maximum Gasteiger partial charge on any atom is 0.154 e. The third-order valence-corrected chi connectivity index (χ3v) is 5.44. The summed E-state index contributed by atoms with van der Waals surface area (Å²) in [5.41, 5.74) is 4.05. The molecule has 1 saturated heterocycles. The Balaban J connectivity index is 1.31. The summed E-state index contributed by atoms with van der Waals surface area (Å²) in [6.07, 6.45) is 4.28. The molecule has 1 aliphatic rings. The van der Waals surface area contributed by atoms with Gasteiger partial charge in [-0.3, -0.25) is 0 Å². The van der Waals surface area contributed by atoms with Crippen LogP contribution in [0.5, 0.6) is 5.75 Å². The molecule has 30 heavy (non-hydrogen) atoms. The van der Waals surface area contributed by atoms with Gasteiger partial charge >= 0.3 is 0 Å². The summed E-state index contributed by atoms with van der Waals surface area (Å²) in [5.74, 6) is 1.70. The molecule has 1 atom stereocenters. The lowest BCUT2D eigenvalue weighted by Crippen LogP contribution is -2.28. The van der Waals surface area contributed by atoms with Crippen molar-refractivity contribution in [3.05, 3.63) is 78.5 Å². The molecule has 2 aromatic carbocycles. The fraction of sp³-hybridized carbons (Fsp3) is 0.250. The Morgan fingerprint density at radius 1 is 1.03 bits per heavy atom. The molecule has 0 amide bonds. The Bertz CT molecular complexity index is 1100. The van der Waals surface area contributed by atoms with Crippen molar-refractivity contribution in [3.8, 4) is 17.0 Å². The van der Waals surface area contributed by atoms with Crippen molar-refractivity contribution >= 4 is 11.5 Å². The molecule has 1 aliphatic heterocycles. The SMILES string of the molecule is c1ccc(CNc2ccc3ncc(-c4ccc(OC[C@@H]5CCCN5)cc4)n3n2)cc1. The van der Waals surface area contributed by atoms with Gasteiger partial charge in [-0.25, -0.2) is 9.50 Å². The van der Waals surface area contributed by atoms with E-state index in [2.05, 4.69) is 39.9 Å². The minimum Gasteiger partial charge on any atom is -0.492 e. The third kappa shape index (κ3) is 4.14. The molecule has 4 aromatic rings. The van der Waals surface area contributed by atoms with Gasteiger partial charge in [-0.15, -0.1) is 5.10 Å². The zero-order valence-electron chi connectivity index (χ0n) is 16.8. The van der Waals surface area contributed by atoms with E-state index in [-0.39, 0.29) is 0 Å². The summed E-state index contributed by atoms with van der Waals surface area (Å²) >= 11 is 0. The molecule has 0 saturated carbocycles. The summed E-state index contributed by atoms with van der Waals surface area (Å²) in [6.45, 7) is 2.54. The Kier molecular flexibility index (Phi) is 5.31. The number of aromatic nitrogens is 3. The van der Waals surface area contributed by atoms with Crippen LogP contribution in [0.1, 0.15) is 18.4 Å². The second-order valence-electron chi connectivity index (χ2n) is 7.60. The molecule has 0 aliphatic carbocycles. The second kappa shape index (κ2) is 8.55. The van der Waals surface area contributed by atoms with Crippen molar-refractivity contribution < 1.29 is 4.74 Å². The molecule has 3 heterocycles. The molecular formula is C24H25N5O. The molecule has 0 unspecified atom stereocenters. The average molecular weight is 399 g/mol. The first-order chi connectivity index (χ1) is 14.8.